The highest BCUT2D eigenvalue weighted by molar-refractivity contribution is 7.12. The van der Waals surface area contributed by atoms with Crippen LogP contribution in [-0.2, 0) is 11.2 Å². The second kappa shape index (κ2) is 7.31. The third-order valence-electron chi connectivity index (χ3n) is 5.22. The number of benzene rings is 1. The minimum atomic E-state index is -0.110. The molecule has 4 nitrogen and oxygen atoms in total. The van der Waals surface area contributed by atoms with Crippen LogP contribution in [0.2, 0.25) is 0 Å². The van der Waals surface area contributed by atoms with E-state index in [4.69, 9.17) is 9.47 Å². The minimum absolute atomic E-state index is 0.110. The number of ether oxygens (including phenoxy) is 2. The van der Waals surface area contributed by atoms with E-state index in [9.17, 15) is 4.79 Å². The first-order chi connectivity index (χ1) is 12.7. The molecule has 0 N–H and O–H groups in total. The fourth-order valence-corrected chi connectivity index (χ4v) is 5.00. The van der Waals surface area contributed by atoms with Gasteiger partial charge in [-0.15, -0.1) is 11.3 Å². The predicted molar refractivity (Wildman–Crippen MR) is 103 cm³/mol. The van der Waals surface area contributed by atoms with Gasteiger partial charge in [0.15, 0.2) is 0 Å². The Morgan fingerprint density at radius 3 is 3.00 bits per heavy atom. The van der Waals surface area contributed by atoms with Crippen molar-refractivity contribution < 1.29 is 14.3 Å². The maximum Gasteiger partial charge on any atom is 0.230 e. The Balaban J connectivity index is 1.51. The normalized spacial score (nSPS) is 22.0. The molecule has 26 heavy (non-hydrogen) atoms. The Morgan fingerprint density at radius 2 is 2.23 bits per heavy atom. The van der Waals surface area contributed by atoms with Gasteiger partial charge >= 0.3 is 0 Å². The van der Waals surface area contributed by atoms with Gasteiger partial charge in [-0.05, 0) is 69.0 Å². The lowest BCUT2D eigenvalue weighted by atomic mass is 9.95. The number of rotatable bonds is 4. The summed E-state index contributed by atoms with van der Waals surface area (Å²) in [7, 11) is 0. The first kappa shape index (κ1) is 17.4. The number of nitrogens with zero attached hydrogens (tertiary/aromatic N) is 1. The molecule has 2 unspecified atom stereocenters. The van der Waals surface area contributed by atoms with Crippen molar-refractivity contribution in [2.24, 2.45) is 5.92 Å². The van der Waals surface area contributed by atoms with Gasteiger partial charge in [-0.25, -0.2) is 0 Å². The zero-order valence-corrected chi connectivity index (χ0v) is 16.2. The minimum Gasteiger partial charge on any atom is -0.494 e. The summed E-state index contributed by atoms with van der Waals surface area (Å²) in [4.78, 5) is 17.9. The Bertz CT molecular complexity index is 800. The van der Waals surface area contributed by atoms with E-state index >= 15 is 0 Å². The van der Waals surface area contributed by atoms with E-state index in [0.29, 0.717) is 13.2 Å². The number of hydrogen-bond acceptors (Lipinski definition) is 4. The number of carbonyl (C=O) groups excluding carboxylic acids is 1. The third-order valence-corrected chi connectivity index (χ3v) is 6.33. The van der Waals surface area contributed by atoms with Crippen LogP contribution in [0.3, 0.4) is 0 Å². The molecule has 2 aliphatic heterocycles. The number of hydrogen-bond donors (Lipinski definition) is 0. The third kappa shape index (κ3) is 3.32. The van der Waals surface area contributed by atoms with Gasteiger partial charge in [0.1, 0.15) is 18.1 Å². The summed E-state index contributed by atoms with van der Waals surface area (Å²) < 4.78 is 11.5. The Kier molecular flexibility index (Phi) is 4.90. The van der Waals surface area contributed by atoms with Gasteiger partial charge in [0.25, 0.3) is 0 Å². The number of fused-ring (bicyclic) bond motifs is 1. The second-order valence-corrected chi connectivity index (χ2v) is 8.37. The molecule has 1 aromatic heterocycles. The van der Waals surface area contributed by atoms with E-state index in [0.717, 1.165) is 42.9 Å². The first-order valence-corrected chi connectivity index (χ1v) is 10.2. The fraction of sp³-hybridized carbons (Fsp3) is 0.476. The Morgan fingerprint density at radius 1 is 1.35 bits per heavy atom. The van der Waals surface area contributed by atoms with Crippen LogP contribution < -0.4 is 9.47 Å². The number of thiophene rings is 1. The van der Waals surface area contributed by atoms with Gasteiger partial charge in [0.05, 0.1) is 18.6 Å². The zero-order chi connectivity index (χ0) is 18.1. The fourth-order valence-electron chi connectivity index (χ4n) is 3.98. The molecule has 0 spiro atoms. The molecule has 2 atom stereocenters. The molecular formula is C21H25NO3S. The average molecular weight is 372 g/mol. The number of likely N-dealkylation sites (tertiary alicyclic amines) is 1. The van der Waals surface area contributed by atoms with Crippen molar-refractivity contribution in [3.8, 4) is 11.5 Å². The van der Waals surface area contributed by atoms with Gasteiger partial charge < -0.3 is 14.4 Å². The average Bonchev–Trinajstić information content (AvgIpc) is 3.29. The van der Waals surface area contributed by atoms with E-state index in [1.54, 1.807) is 0 Å². The van der Waals surface area contributed by atoms with Crippen LogP contribution >= 0.6 is 11.3 Å². The van der Waals surface area contributed by atoms with Crippen LogP contribution in [0.4, 0.5) is 0 Å². The molecule has 3 heterocycles. The molecule has 1 amide bonds. The second-order valence-electron chi connectivity index (χ2n) is 7.05. The lowest BCUT2D eigenvalue weighted by molar-refractivity contribution is -0.137. The van der Waals surface area contributed by atoms with E-state index in [1.807, 2.05) is 36.5 Å². The molecule has 5 heteroatoms. The molecule has 0 radical (unpaired) electrons. The van der Waals surface area contributed by atoms with Crippen LogP contribution in [-0.4, -0.2) is 30.6 Å². The van der Waals surface area contributed by atoms with Gasteiger partial charge in [0, 0.05) is 16.3 Å². The monoisotopic (exact) mass is 371 g/mol. The van der Waals surface area contributed by atoms with Crippen molar-refractivity contribution in [1.29, 1.82) is 0 Å². The highest BCUT2D eigenvalue weighted by Crippen LogP contribution is 2.38. The van der Waals surface area contributed by atoms with Gasteiger partial charge in [-0.3, -0.25) is 4.79 Å². The lowest BCUT2D eigenvalue weighted by Crippen LogP contribution is -2.40. The molecule has 1 aromatic carbocycles. The van der Waals surface area contributed by atoms with Crippen LogP contribution in [0, 0.1) is 12.8 Å². The quantitative estimate of drug-likeness (QED) is 0.801. The van der Waals surface area contributed by atoms with Crippen molar-refractivity contribution >= 4 is 17.2 Å². The number of carbonyl (C=O) groups is 1. The molecule has 0 aliphatic carbocycles. The maximum atomic E-state index is 13.2. The Labute approximate surface area is 158 Å². The van der Waals surface area contributed by atoms with Gasteiger partial charge in [0.2, 0.25) is 5.91 Å². The molecule has 0 bridgehead atoms. The molecule has 2 aliphatic rings. The first-order valence-electron chi connectivity index (χ1n) is 9.41. The van der Waals surface area contributed by atoms with Crippen molar-refractivity contribution in [2.75, 3.05) is 19.8 Å². The molecule has 1 fully saturated rings. The summed E-state index contributed by atoms with van der Waals surface area (Å²) in [5.74, 6) is 1.84. The van der Waals surface area contributed by atoms with Crippen LogP contribution in [0.25, 0.3) is 0 Å². The highest BCUT2D eigenvalue weighted by atomic mass is 32.1. The van der Waals surface area contributed by atoms with Gasteiger partial charge in [-0.2, -0.15) is 0 Å². The molecule has 1 saturated heterocycles. The Hall–Kier alpha value is -2.01. The molecular weight excluding hydrogens is 346 g/mol. The van der Waals surface area contributed by atoms with Crippen LogP contribution in [0.15, 0.2) is 30.3 Å². The topological polar surface area (TPSA) is 38.8 Å². The number of amides is 1. The van der Waals surface area contributed by atoms with Crippen molar-refractivity contribution in [2.45, 2.75) is 39.2 Å². The van der Waals surface area contributed by atoms with Crippen molar-refractivity contribution in [3.05, 3.63) is 45.6 Å². The lowest BCUT2D eigenvalue weighted by Gasteiger charge is -2.31. The van der Waals surface area contributed by atoms with Crippen LogP contribution in [0.1, 0.15) is 41.1 Å². The van der Waals surface area contributed by atoms with Crippen LogP contribution in [0.5, 0.6) is 11.5 Å². The summed E-state index contributed by atoms with van der Waals surface area (Å²) in [5, 5.41) is 0. The summed E-state index contributed by atoms with van der Waals surface area (Å²) in [6.07, 6.45) is 2.86. The molecule has 2 aromatic rings. The summed E-state index contributed by atoms with van der Waals surface area (Å²) in [6.45, 7) is 6.05. The summed E-state index contributed by atoms with van der Waals surface area (Å²) in [6, 6.07) is 10.5. The summed E-state index contributed by atoms with van der Waals surface area (Å²) >= 11 is 1.81. The molecule has 138 valence electrons. The van der Waals surface area contributed by atoms with Crippen molar-refractivity contribution in [3.63, 3.8) is 0 Å². The van der Waals surface area contributed by atoms with E-state index in [1.165, 1.54) is 9.75 Å². The van der Waals surface area contributed by atoms with Gasteiger partial charge in [-0.1, -0.05) is 0 Å². The zero-order valence-electron chi connectivity index (χ0n) is 15.4. The summed E-state index contributed by atoms with van der Waals surface area (Å²) in [5.41, 5.74) is 1.07. The SMILES string of the molecule is CCOc1ccc2c(c1)CC(C(=O)N1CCCC1c1ccc(C)s1)CO2. The largest absolute Gasteiger partial charge is 0.494 e. The standard InChI is InChI=1S/C21H25NO3S/c1-3-24-17-7-8-19-15(12-17)11-16(13-25-19)21(23)22-10-4-5-18(22)20-9-6-14(2)26-20/h6-9,12,16,18H,3-5,10-11,13H2,1-2H3. The van der Waals surface area contributed by atoms with E-state index in [-0.39, 0.29) is 17.9 Å². The number of aryl methyl sites for hydroxylation is 1. The predicted octanol–water partition coefficient (Wildman–Crippen LogP) is 4.37. The molecule has 0 saturated carbocycles. The van der Waals surface area contributed by atoms with E-state index < -0.39 is 0 Å². The van der Waals surface area contributed by atoms with E-state index in [2.05, 4.69) is 24.0 Å². The van der Waals surface area contributed by atoms with Crippen molar-refractivity contribution in [1.82, 2.24) is 4.90 Å². The maximum absolute atomic E-state index is 13.2. The smallest absolute Gasteiger partial charge is 0.230 e. The highest BCUT2D eigenvalue weighted by Gasteiger charge is 2.36. The molecule has 4 rings (SSSR count).